The van der Waals surface area contributed by atoms with Gasteiger partial charge in [0.2, 0.25) is 0 Å². The average Bonchev–Trinajstić information content (AvgIpc) is 1.90. The summed E-state index contributed by atoms with van der Waals surface area (Å²) in [4.78, 5) is 0. The van der Waals surface area contributed by atoms with Crippen LogP contribution in [-0.2, 0) is 4.74 Å². The first-order valence-corrected chi connectivity index (χ1v) is 3.08. The van der Waals surface area contributed by atoms with Crippen molar-refractivity contribution in [2.75, 3.05) is 6.61 Å². The highest BCUT2D eigenvalue weighted by atomic mass is 16.5. The van der Waals surface area contributed by atoms with Crippen LogP contribution >= 0.6 is 0 Å². The summed E-state index contributed by atoms with van der Waals surface area (Å²) in [5.74, 6) is 2.49. The van der Waals surface area contributed by atoms with Crippen LogP contribution in [0, 0.1) is 12.3 Å². The van der Waals surface area contributed by atoms with E-state index in [9.17, 15) is 0 Å². The van der Waals surface area contributed by atoms with E-state index < -0.39 is 0 Å². The van der Waals surface area contributed by atoms with E-state index in [2.05, 4.69) is 5.92 Å². The number of terminal acetylenes is 1. The zero-order chi connectivity index (χ0) is 6.69. The number of aliphatic hydroxyl groups excluding tert-OH is 1. The van der Waals surface area contributed by atoms with Gasteiger partial charge in [-0.2, -0.15) is 0 Å². The molecular weight excluding hydrogens is 116 g/mol. The van der Waals surface area contributed by atoms with Crippen molar-refractivity contribution in [3.05, 3.63) is 0 Å². The Morgan fingerprint density at radius 1 is 1.56 bits per heavy atom. The topological polar surface area (TPSA) is 29.5 Å². The molecule has 1 aliphatic rings. The molecule has 0 bridgehead atoms. The highest BCUT2D eigenvalue weighted by Gasteiger charge is 2.16. The van der Waals surface area contributed by atoms with Crippen LogP contribution in [0.15, 0.2) is 0 Å². The van der Waals surface area contributed by atoms with Gasteiger partial charge < -0.3 is 9.84 Å². The lowest BCUT2D eigenvalue weighted by Crippen LogP contribution is -2.27. The second-order valence-electron chi connectivity index (χ2n) is 2.22. The van der Waals surface area contributed by atoms with Crippen molar-refractivity contribution in [2.45, 2.75) is 25.0 Å². The molecule has 0 aliphatic carbocycles. The lowest BCUT2D eigenvalue weighted by molar-refractivity contribution is -0.0321. The second-order valence-corrected chi connectivity index (χ2v) is 2.22. The monoisotopic (exact) mass is 126 g/mol. The summed E-state index contributed by atoms with van der Waals surface area (Å²) in [7, 11) is 0. The number of aliphatic hydroxyl groups is 1. The Hall–Kier alpha value is -0.520. The van der Waals surface area contributed by atoms with Crippen molar-refractivity contribution in [2.24, 2.45) is 0 Å². The Bertz CT molecular complexity index is 117. The van der Waals surface area contributed by atoms with E-state index in [1.807, 2.05) is 0 Å². The zero-order valence-corrected chi connectivity index (χ0v) is 5.21. The van der Waals surface area contributed by atoms with Gasteiger partial charge >= 0.3 is 0 Å². The van der Waals surface area contributed by atoms with E-state index >= 15 is 0 Å². The van der Waals surface area contributed by atoms with Gasteiger partial charge in [0.05, 0.1) is 12.7 Å². The Morgan fingerprint density at radius 3 is 2.78 bits per heavy atom. The fourth-order valence-corrected chi connectivity index (χ4v) is 0.869. The summed E-state index contributed by atoms with van der Waals surface area (Å²) in [5.41, 5.74) is 0. The highest BCUT2D eigenvalue weighted by molar-refractivity contribution is 4.96. The minimum Gasteiger partial charge on any atom is -0.391 e. The second kappa shape index (κ2) is 2.86. The van der Waals surface area contributed by atoms with Crippen molar-refractivity contribution >= 4 is 0 Å². The van der Waals surface area contributed by atoms with Crippen molar-refractivity contribution in [1.29, 1.82) is 0 Å². The minimum atomic E-state index is -0.297. The largest absolute Gasteiger partial charge is 0.391 e. The van der Waals surface area contributed by atoms with Gasteiger partial charge in [0, 0.05) is 0 Å². The molecule has 50 valence electrons. The van der Waals surface area contributed by atoms with Crippen LogP contribution in [0.25, 0.3) is 0 Å². The van der Waals surface area contributed by atoms with Crippen LogP contribution in [0.1, 0.15) is 12.8 Å². The fraction of sp³-hybridized carbons (Fsp3) is 0.714. The van der Waals surface area contributed by atoms with E-state index in [1.165, 1.54) is 0 Å². The molecule has 0 aromatic carbocycles. The predicted octanol–water partition coefficient (Wildman–Crippen LogP) is 0.159. The summed E-state index contributed by atoms with van der Waals surface area (Å²) < 4.78 is 5.05. The molecule has 1 aliphatic heterocycles. The van der Waals surface area contributed by atoms with Gasteiger partial charge in [0.1, 0.15) is 6.10 Å². The number of rotatable bonds is 0. The third-order valence-electron chi connectivity index (χ3n) is 1.44. The molecule has 1 N–H and O–H groups in total. The Labute approximate surface area is 54.8 Å². The first kappa shape index (κ1) is 6.60. The van der Waals surface area contributed by atoms with Gasteiger partial charge in [-0.3, -0.25) is 0 Å². The molecule has 1 saturated heterocycles. The molecule has 2 heteroatoms. The smallest absolute Gasteiger partial charge is 0.118 e. The van der Waals surface area contributed by atoms with Crippen LogP contribution in [0.5, 0.6) is 0 Å². The van der Waals surface area contributed by atoms with Crippen molar-refractivity contribution in [3.8, 4) is 12.3 Å². The normalized spacial score (nSPS) is 35.6. The molecule has 1 heterocycles. The summed E-state index contributed by atoms with van der Waals surface area (Å²) in [5, 5.41) is 8.93. The predicted molar refractivity (Wildman–Crippen MR) is 33.8 cm³/mol. The molecule has 2 nitrogen and oxygen atoms in total. The van der Waals surface area contributed by atoms with Crippen molar-refractivity contribution < 1.29 is 9.84 Å². The van der Waals surface area contributed by atoms with Crippen LogP contribution < -0.4 is 0 Å². The van der Waals surface area contributed by atoms with E-state index in [0.717, 1.165) is 12.8 Å². The SMILES string of the molecule is C#CC1CCC(O)CO1. The van der Waals surface area contributed by atoms with Crippen LogP contribution in [0.2, 0.25) is 0 Å². The molecule has 1 fully saturated rings. The summed E-state index contributed by atoms with van der Waals surface area (Å²) >= 11 is 0. The van der Waals surface area contributed by atoms with Gasteiger partial charge in [-0.05, 0) is 12.8 Å². The molecule has 0 aromatic heterocycles. The lowest BCUT2D eigenvalue weighted by atomic mass is 10.1. The summed E-state index contributed by atoms with van der Waals surface area (Å²) in [6.07, 6.45) is 6.30. The molecular formula is C7H10O2. The molecule has 2 atom stereocenters. The number of hydrogen-bond acceptors (Lipinski definition) is 2. The van der Waals surface area contributed by atoms with E-state index in [1.54, 1.807) is 0 Å². The fourth-order valence-electron chi connectivity index (χ4n) is 0.869. The van der Waals surface area contributed by atoms with Gasteiger partial charge in [-0.25, -0.2) is 0 Å². The first-order chi connectivity index (χ1) is 4.33. The van der Waals surface area contributed by atoms with Gasteiger partial charge in [0.15, 0.2) is 0 Å². The van der Waals surface area contributed by atoms with Gasteiger partial charge in [0.25, 0.3) is 0 Å². The third-order valence-corrected chi connectivity index (χ3v) is 1.44. The summed E-state index contributed by atoms with van der Waals surface area (Å²) in [6.45, 7) is 0.398. The zero-order valence-electron chi connectivity index (χ0n) is 5.21. The van der Waals surface area contributed by atoms with Crippen molar-refractivity contribution in [1.82, 2.24) is 0 Å². The van der Waals surface area contributed by atoms with E-state index in [4.69, 9.17) is 16.3 Å². The Balaban J connectivity index is 2.28. The molecule has 2 unspecified atom stereocenters. The Kier molecular flexibility index (Phi) is 2.10. The first-order valence-electron chi connectivity index (χ1n) is 3.08. The third kappa shape index (κ3) is 1.70. The molecule has 1 rings (SSSR count). The molecule has 0 amide bonds. The van der Waals surface area contributed by atoms with E-state index in [0.29, 0.717) is 6.61 Å². The number of hydrogen-bond donors (Lipinski definition) is 1. The minimum absolute atomic E-state index is 0.0617. The van der Waals surface area contributed by atoms with E-state index in [-0.39, 0.29) is 12.2 Å². The lowest BCUT2D eigenvalue weighted by Gasteiger charge is -2.21. The van der Waals surface area contributed by atoms with Gasteiger partial charge in [-0.15, -0.1) is 6.42 Å². The highest BCUT2D eigenvalue weighted by Crippen LogP contribution is 2.11. The molecule has 0 aromatic rings. The molecule has 0 radical (unpaired) electrons. The maximum absolute atomic E-state index is 8.93. The molecule has 0 saturated carbocycles. The van der Waals surface area contributed by atoms with Crippen LogP contribution in [-0.4, -0.2) is 23.9 Å². The molecule has 0 spiro atoms. The standard InChI is InChI=1S/C7H10O2/c1-2-7-4-3-6(8)5-9-7/h1,6-8H,3-5H2. The average molecular weight is 126 g/mol. The van der Waals surface area contributed by atoms with Crippen molar-refractivity contribution in [3.63, 3.8) is 0 Å². The maximum Gasteiger partial charge on any atom is 0.118 e. The number of ether oxygens (including phenoxy) is 1. The van der Waals surface area contributed by atoms with Gasteiger partial charge in [-0.1, -0.05) is 5.92 Å². The molecule has 9 heavy (non-hydrogen) atoms. The Morgan fingerprint density at radius 2 is 2.33 bits per heavy atom. The maximum atomic E-state index is 8.93. The van der Waals surface area contributed by atoms with Crippen LogP contribution in [0.3, 0.4) is 0 Å². The van der Waals surface area contributed by atoms with Crippen LogP contribution in [0.4, 0.5) is 0 Å². The summed E-state index contributed by atoms with van der Waals surface area (Å²) in [6, 6.07) is 0. The quantitative estimate of drug-likeness (QED) is 0.468.